The average molecular weight is 420 g/mol. The lowest BCUT2D eigenvalue weighted by Crippen LogP contribution is -2.50. The van der Waals surface area contributed by atoms with Crippen LogP contribution >= 0.6 is 10.8 Å². The van der Waals surface area contributed by atoms with Crippen molar-refractivity contribution in [3.63, 3.8) is 0 Å². The minimum atomic E-state index is -2.84. The summed E-state index contributed by atoms with van der Waals surface area (Å²) in [6.45, 7) is 2.52. The molecule has 0 bridgehead atoms. The molecule has 3 N–H and O–H groups in total. The van der Waals surface area contributed by atoms with Gasteiger partial charge in [0.05, 0.1) is 5.75 Å². The van der Waals surface area contributed by atoms with E-state index in [2.05, 4.69) is 10.5 Å². The van der Waals surface area contributed by atoms with Gasteiger partial charge in [-0.1, -0.05) is 35.5 Å². The molecule has 158 valence electrons. The SMILES string of the molecule is C[C@H]1C[C@@H](NC(=O)c2cc(C3CC3)on2)CCN1S(O)(O)CCc1ccccc1. The molecule has 1 aliphatic carbocycles. The van der Waals surface area contributed by atoms with Crippen LogP contribution in [0.2, 0.25) is 0 Å². The number of carbonyl (C=O) groups excluding carboxylic acids is 1. The Labute approximate surface area is 172 Å². The highest BCUT2D eigenvalue weighted by molar-refractivity contribution is 8.22. The summed E-state index contributed by atoms with van der Waals surface area (Å²) in [4.78, 5) is 12.5. The van der Waals surface area contributed by atoms with Crippen LogP contribution in [0, 0.1) is 0 Å². The summed E-state index contributed by atoms with van der Waals surface area (Å²) in [6, 6.07) is 11.6. The third-order valence-electron chi connectivity index (χ3n) is 5.77. The molecule has 2 atom stereocenters. The van der Waals surface area contributed by atoms with Crippen LogP contribution in [0.5, 0.6) is 0 Å². The third kappa shape index (κ3) is 5.01. The highest BCUT2D eigenvalue weighted by Gasteiger charge is 2.35. The van der Waals surface area contributed by atoms with E-state index in [1.165, 1.54) is 0 Å². The Morgan fingerprint density at radius 1 is 1.28 bits per heavy atom. The zero-order valence-electron chi connectivity index (χ0n) is 16.7. The van der Waals surface area contributed by atoms with E-state index >= 15 is 0 Å². The highest BCUT2D eigenvalue weighted by Crippen LogP contribution is 2.47. The van der Waals surface area contributed by atoms with Crippen LogP contribution in [0.15, 0.2) is 40.9 Å². The Kier molecular flexibility index (Phi) is 5.96. The molecule has 29 heavy (non-hydrogen) atoms. The molecule has 2 fully saturated rings. The number of amides is 1. The van der Waals surface area contributed by atoms with Crippen molar-refractivity contribution < 1.29 is 18.4 Å². The lowest BCUT2D eigenvalue weighted by Gasteiger charge is -2.49. The lowest BCUT2D eigenvalue weighted by molar-refractivity contribution is 0.0903. The van der Waals surface area contributed by atoms with E-state index in [-0.39, 0.29) is 18.0 Å². The quantitative estimate of drug-likeness (QED) is 0.626. The summed E-state index contributed by atoms with van der Waals surface area (Å²) in [5, 5.41) is 6.92. The number of nitrogens with zero attached hydrogens (tertiary/aromatic N) is 2. The standard InChI is InChI=1S/C21H29N3O4S/c1-15-13-18(22-21(25)19-14-20(28-23-19)17-7-8-17)9-11-24(15)29(26,27)12-10-16-5-3-2-4-6-16/h2-6,14-15,17-18,26-27H,7-13H2,1H3,(H,22,25)/t15-,18-/m0/s1. The van der Waals surface area contributed by atoms with Crippen LogP contribution in [0.1, 0.15) is 60.3 Å². The first-order valence-electron chi connectivity index (χ1n) is 10.3. The van der Waals surface area contributed by atoms with Crippen molar-refractivity contribution in [1.29, 1.82) is 0 Å². The summed E-state index contributed by atoms with van der Waals surface area (Å²) in [6.07, 6.45) is 4.17. The Bertz CT molecular complexity index is 837. The van der Waals surface area contributed by atoms with E-state index < -0.39 is 10.8 Å². The topological polar surface area (TPSA) is 98.8 Å². The molecule has 1 saturated carbocycles. The second-order valence-corrected chi connectivity index (χ2v) is 10.3. The van der Waals surface area contributed by atoms with E-state index in [9.17, 15) is 13.9 Å². The number of carbonyl (C=O) groups is 1. The van der Waals surface area contributed by atoms with Crippen LogP contribution in [0.4, 0.5) is 0 Å². The van der Waals surface area contributed by atoms with E-state index in [1.54, 1.807) is 10.4 Å². The predicted octanol–water partition coefficient (Wildman–Crippen LogP) is 4.04. The molecule has 2 aliphatic rings. The van der Waals surface area contributed by atoms with E-state index in [1.807, 2.05) is 37.3 Å². The largest absolute Gasteiger partial charge is 0.360 e. The van der Waals surface area contributed by atoms with Gasteiger partial charge in [-0.05, 0) is 44.6 Å². The van der Waals surface area contributed by atoms with Gasteiger partial charge in [0.2, 0.25) is 0 Å². The van der Waals surface area contributed by atoms with E-state index in [0.29, 0.717) is 43.2 Å². The molecule has 1 aromatic carbocycles. The Morgan fingerprint density at radius 2 is 2.03 bits per heavy atom. The summed E-state index contributed by atoms with van der Waals surface area (Å²) >= 11 is 0. The molecule has 1 amide bonds. The van der Waals surface area contributed by atoms with Gasteiger partial charge in [-0.15, -0.1) is 10.8 Å². The number of aromatic nitrogens is 1. The summed E-state index contributed by atoms with van der Waals surface area (Å²) in [5.74, 6) is 1.32. The van der Waals surface area contributed by atoms with Crippen LogP contribution in [0.3, 0.4) is 0 Å². The molecule has 0 spiro atoms. The van der Waals surface area contributed by atoms with Gasteiger partial charge in [0, 0.05) is 30.6 Å². The Morgan fingerprint density at radius 3 is 2.72 bits per heavy atom. The number of benzene rings is 1. The molecular weight excluding hydrogens is 390 g/mol. The molecular formula is C21H29N3O4S. The average Bonchev–Trinajstić information content (AvgIpc) is 3.43. The van der Waals surface area contributed by atoms with Gasteiger partial charge < -0.3 is 9.84 Å². The number of aryl methyl sites for hydroxylation is 1. The Balaban J connectivity index is 1.29. The normalized spacial score (nSPS) is 23.7. The highest BCUT2D eigenvalue weighted by atomic mass is 32.3. The van der Waals surface area contributed by atoms with Gasteiger partial charge in [-0.25, -0.2) is 4.31 Å². The van der Waals surface area contributed by atoms with Crippen molar-refractivity contribution in [2.45, 2.75) is 57.0 Å². The van der Waals surface area contributed by atoms with Crippen molar-refractivity contribution >= 4 is 16.7 Å². The second kappa shape index (κ2) is 8.47. The van der Waals surface area contributed by atoms with Crippen LogP contribution in [-0.2, 0) is 6.42 Å². The van der Waals surface area contributed by atoms with E-state index in [0.717, 1.165) is 24.2 Å². The van der Waals surface area contributed by atoms with Gasteiger partial charge in [-0.2, -0.15) is 0 Å². The summed E-state index contributed by atoms with van der Waals surface area (Å²) in [5.41, 5.74) is 1.43. The van der Waals surface area contributed by atoms with Crippen LogP contribution < -0.4 is 5.32 Å². The second-order valence-electron chi connectivity index (χ2n) is 8.15. The predicted molar refractivity (Wildman–Crippen MR) is 113 cm³/mol. The first-order chi connectivity index (χ1) is 13.9. The molecule has 4 rings (SSSR count). The molecule has 0 radical (unpaired) electrons. The van der Waals surface area contributed by atoms with Gasteiger partial charge in [0.1, 0.15) is 5.76 Å². The summed E-state index contributed by atoms with van der Waals surface area (Å²) in [7, 11) is -2.84. The zero-order valence-corrected chi connectivity index (χ0v) is 17.5. The van der Waals surface area contributed by atoms with Crippen LogP contribution in [-0.4, -0.2) is 48.9 Å². The zero-order chi connectivity index (χ0) is 20.4. The molecule has 8 heteroatoms. The van der Waals surface area contributed by atoms with Crippen molar-refractivity contribution in [3.8, 4) is 0 Å². The fourth-order valence-electron chi connectivity index (χ4n) is 3.95. The van der Waals surface area contributed by atoms with E-state index in [4.69, 9.17) is 4.52 Å². The monoisotopic (exact) mass is 419 g/mol. The minimum Gasteiger partial charge on any atom is -0.360 e. The number of piperidine rings is 1. The van der Waals surface area contributed by atoms with Crippen LogP contribution in [0.25, 0.3) is 0 Å². The number of hydrogen-bond acceptors (Lipinski definition) is 6. The first kappa shape index (κ1) is 20.4. The van der Waals surface area contributed by atoms with Crippen molar-refractivity contribution in [2.75, 3.05) is 12.3 Å². The van der Waals surface area contributed by atoms with Crippen molar-refractivity contribution in [2.24, 2.45) is 0 Å². The van der Waals surface area contributed by atoms with Crippen molar-refractivity contribution in [3.05, 3.63) is 53.4 Å². The third-order valence-corrected chi connectivity index (χ3v) is 7.82. The molecule has 7 nitrogen and oxygen atoms in total. The molecule has 1 aromatic heterocycles. The maximum Gasteiger partial charge on any atom is 0.273 e. The number of hydrogen-bond donors (Lipinski definition) is 3. The molecule has 1 aliphatic heterocycles. The van der Waals surface area contributed by atoms with Crippen molar-refractivity contribution in [1.82, 2.24) is 14.8 Å². The molecule has 1 saturated heterocycles. The molecule has 2 aromatic rings. The number of rotatable bonds is 7. The lowest BCUT2D eigenvalue weighted by atomic mass is 10.0. The minimum absolute atomic E-state index is 0.0147. The summed E-state index contributed by atoms with van der Waals surface area (Å²) < 4.78 is 28.5. The Hall–Kier alpha value is -1.87. The van der Waals surface area contributed by atoms with Gasteiger partial charge in [0.15, 0.2) is 5.69 Å². The maximum absolute atomic E-state index is 12.5. The fraction of sp³-hybridized carbons (Fsp3) is 0.524. The molecule has 2 heterocycles. The fourth-order valence-corrected chi connectivity index (χ4v) is 5.75. The molecule has 0 unspecified atom stereocenters. The smallest absolute Gasteiger partial charge is 0.273 e. The van der Waals surface area contributed by atoms with Gasteiger partial charge in [-0.3, -0.25) is 13.9 Å². The number of nitrogens with one attached hydrogen (secondary N) is 1. The first-order valence-corrected chi connectivity index (χ1v) is 11.9. The van der Waals surface area contributed by atoms with Gasteiger partial charge in [0.25, 0.3) is 5.91 Å². The van der Waals surface area contributed by atoms with Gasteiger partial charge >= 0.3 is 0 Å². The maximum atomic E-state index is 12.5.